The Morgan fingerprint density at radius 3 is 2.94 bits per heavy atom. The largest absolute Gasteiger partial charge is 0.406 e. The van der Waals surface area contributed by atoms with Gasteiger partial charge in [-0.3, -0.25) is 0 Å². The predicted octanol–water partition coefficient (Wildman–Crippen LogP) is 3.35. The molecule has 0 amide bonds. The second kappa shape index (κ2) is 4.84. The standard InChI is InChI=1S/C10H12ClN3OS/c1-6-3-4-16-8(6)5-12-10-14-13-9(15-10)7(2)11/h3-4,7H,5H2,1-2H3,(H,12,14). The van der Waals surface area contributed by atoms with Gasteiger partial charge in [0.25, 0.3) is 0 Å². The lowest BCUT2D eigenvalue weighted by molar-refractivity contribution is 0.506. The van der Waals surface area contributed by atoms with Crippen LogP contribution in [0.2, 0.25) is 0 Å². The number of aryl methyl sites for hydroxylation is 1. The van der Waals surface area contributed by atoms with Crippen LogP contribution >= 0.6 is 22.9 Å². The third kappa shape index (κ3) is 2.54. The second-order valence-electron chi connectivity index (χ2n) is 3.44. The van der Waals surface area contributed by atoms with Crippen molar-refractivity contribution in [2.45, 2.75) is 25.8 Å². The number of aromatic nitrogens is 2. The summed E-state index contributed by atoms with van der Waals surface area (Å²) in [7, 11) is 0. The number of hydrogen-bond donors (Lipinski definition) is 1. The van der Waals surface area contributed by atoms with Gasteiger partial charge in [0.05, 0.1) is 6.54 Å². The van der Waals surface area contributed by atoms with E-state index in [9.17, 15) is 0 Å². The number of rotatable bonds is 4. The van der Waals surface area contributed by atoms with Crippen molar-refractivity contribution >= 4 is 29.0 Å². The van der Waals surface area contributed by atoms with Crippen LogP contribution in [0.1, 0.15) is 28.6 Å². The molecule has 6 heteroatoms. The summed E-state index contributed by atoms with van der Waals surface area (Å²) in [4.78, 5) is 1.26. The van der Waals surface area contributed by atoms with Crippen molar-refractivity contribution in [1.29, 1.82) is 0 Å². The summed E-state index contributed by atoms with van der Waals surface area (Å²) in [6.45, 7) is 4.57. The molecule has 2 heterocycles. The molecule has 0 aliphatic rings. The molecule has 0 saturated heterocycles. The highest BCUT2D eigenvalue weighted by Gasteiger charge is 2.11. The van der Waals surface area contributed by atoms with Crippen LogP contribution < -0.4 is 5.32 Å². The molecule has 0 spiro atoms. The Kier molecular flexibility index (Phi) is 3.46. The van der Waals surface area contributed by atoms with E-state index in [2.05, 4.69) is 33.9 Å². The quantitative estimate of drug-likeness (QED) is 0.854. The Morgan fingerprint density at radius 2 is 2.38 bits per heavy atom. The van der Waals surface area contributed by atoms with Crippen molar-refractivity contribution in [1.82, 2.24) is 10.2 Å². The minimum atomic E-state index is -0.258. The van der Waals surface area contributed by atoms with Crippen molar-refractivity contribution in [3.8, 4) is 0 Å². The lowest BCUT2D eigenvalue weighted by Gasteiger charge is -1.99. The first kappa shape index (κ1) is 11.4. The van der Waals surface area contributed by atoms with Crippen molar-refractivity contribution < 1.29 is 4.42 Å². The molecule has 2 aromatic rings. The number of alkyl halides is 1. The third-order valence-electron chi connectivity index (χ3n) is 2.15. The topological polar surface area (TPSA) is 51.0 Å². The first-order valence-electron chi connectivity index (χ1n) is 4.91. The van der Waals surface area contributed by atoms with Crippen LogP contribution in [0.3, 0.4) is 0 Å². The van der Waals surface area contributed by atoms with E-state index in [4.69, 9.17) is 16.0 Å². The van der Waals surface area contributed by atoms with Gasteiger partial charge in [0.2, 0.25) is 5.89 Å². The van der Waals surface area contributed by atoms with Crippen molar-refractivity contribution in [2.24, 2.45) is 0 Å². The third-order valence-corrected chi connectivity index (χ3v) is 3.36. The summed E-state index contributed by atoms with van der Waals surface area (Å²) >= 11 is 7.52. The Bertz CT molecular complexity index is 466. The van der Waals surface area contributed by atoms with Crippen LogP contribution in [-0.2, 0) is 6.54 Å². The van der Waals surface area contributed by atoms with Crippen LogP contribution in [-0.4, -0.2) is 10.2 Å². The van der Waals surface area contributed by atoms with Gasteiger partial charge < -0.3 is 9.73 Å². The molecule has 86 valence electrons. The summed E-state index contributed by atoms with van der Waals surface area (Å²) in [5.74, 6) is 0.437. The molecule has 16 heavy (non-hydrogen) atoms. The Hall–Kier alpha value is -1.07. The molecule has 0 bridgehead atoms. The van der Waals surface area contributed by atoms with Crippen LogP contribution in [0.15, 0.2) is 15.9 Å². The average molecular weight is 258 g/mol. The first-order chi connectivity index (χ1) is 7.66. The minimum Gasteiger partial charge on any atom is -0.406 e. The molecular weight excluding hydrogens is 246 g/mol. The molecule has 0 aliphatic carbocycles. The molecule has 2 aromatic heterocycles. The van der Waals surface area contributed by atoms with E-state index in [-0.39, 0.29) is 5.38 Å². The summed E-state index contributed by atoms with van der Waals surface area (Å²) in [5.41, 5.74) is 1.27. The molecular formula is C10H12ClN3OS. The normalized spacial score (nSPS) is 12.7. The maximum absolute atomic E-state index is 5.82. The fraction of sp³-hybridized carbons (Fsp3) is 0.400. The van der Waals surface area contributed by atoms with Crippen molar-refractivity contribution in [3.63, 3.8) is 0 Å². The molecule has 0 radical (unpaired) electrons. The fourth-order valence-corrected chi connectivity index (χ4v) is 2.14. The molecule has 2 rings (SSSR count). The zero-order valence-corrected chi connectivity index (χ0v) is 10.6. The maximum atomic E-state index is 5.82. The van der Waals surface area contributed by atoms with E-state index >= 15 is 0 Å². The molecule has 0 fully saturated rings. The van der Waals surface area contributed by atoms with Crippen LogP contribution in [0.5, 0.6) is 0 Å². The predicted molar refractivity (Wildman–Crippen MR) is 64.9 cm³/mol. The molecule has 1 unspecified atom stereocenters. The van der Waals surface area contributed by atoms with Gasteiger partial charge >= 0.3 is 6.01 Å². The zero-order valence-electron chi connectivity index (χ0n) is 9.03. The number of anilines is 1. The lowest BCUT2D eigenvalue weighted by Crippen LogP contribution is -1.98. The van der Waals surface area contributed by atoms with Gasteiger partial charge in [-0.05, 0) is 30.9 Å². The minimum absolute atomic E-state index is 0.258. The van der Waals surface area contributed by atoms with Gasteiger partial charge in [0.1, 0.15) is 5.38 Å². The molecule has 4 nitrogen and oxygen atoms in total. The molecule has 0 saturated carbocycles. The van der Waals surface area contributed by atoms with Gasteiger partial charge in [-0.1, -0.05) is 5.10 Å². The summed E-state index contributed by atoms with van der Waals surface area (Å²) in [6.07, 6.45) is 0. The molecule has 1 atom stereocenters. The van der Waals surface area contributed by atoms with E-state index in [0.29, 0.717) is 18.5 Å². The lowest BCUT2D eigenvalue weighted by atomic mass is 10.3. The van der Waals surface area contributed by atoms with Gasteiger partial charge in [-0.2, -0.15) is 0 Å². The van der Waals surface area contributed by atoms with Crippen LogP contribution in [0.4, 0.5) is 6.01 Å². The van der Waals surface area contributed by atoms with Crippen LogP contribution in [0.25, 0.3) is 0 Å². The van der Waals surface area contributed by atoms with Gasteiger partial charge in [-0.15, -0.1) is 28.0 Å². The van der Waals surface area contributed by atoms with E-state index in [0.717, 1.165) is 0 Å². The molecule has 0 aliphatic heterocycles. The van der Waals surface area contributed by atoms with Crippen molar-refractivity contribution in [3.05, 3.63) is 27.8 Å². The Balaban J connectivity index is 1.97. The first-order valence-corrected chi connectivity index (χ1v) is 6.22. The smallest absolute Gasteiger partial charge is 0.315 e. The number of halogens is 1. The Labute approximate surface area is 103 Å². The number of nitrogens with zero attached hydrogens (tertiary/aromatic N) is 2. The van der Waals surface area contributed by atoms with Gasteiger partial charge in [0.15, 0.2) is 0 Å². The van der Waals surface area contributed by atoms with E-state index in [1.54, 1.807) is 18.3 Å². The summed E-state index contributed by atoms with van der Waals surface area (Å²) < 4.78 is 5.32. The monoisotopic (exact) mass is 257 g/mol. The average Bonchev–Trinajstić information content (AvgIpc) is 2.83. The van der Waals surface area contributed by atoms with E-state index in [1.165, 1.54) is 10.4 Å². The number of thiophene rings is 1. The van der Waals surface area contributed by atoms with Gasteiger partial charge in [-0.25, -0.2) is 0 Å². The highest BCUT2D eigenvalue weighted by atomic mass is 35.5. The fourth-order valence-electron chi connectivity index (χ4n) is 1.21. The highest BCUT2D eigenvalue weighted by Crippen LogP contribution is 2.21. The molecule has 1 N–H and O–H groups in total. The molecule has 0 aromatic carbocycles. The van der Waals surface area contributed by atoms with E-state index < -0.39 is 0 Å². The van der Waals surface area contributed by atoms with Crippen LogP contribution in [0, 0.1) is 6.92 Å². The van der Waals surface area contributed by atoms with Crippen molar-refractivity contribution in [2.75, 3.05) is 5.32 Å². The number of nitrogens with one attached hydrogen (secondary N) is 1. The second-order valence-corrected chi connectivity index (χ2v) is 5.10. The van der Waals surface area contributed by atoms with Gasteiger partial charge in [0, 0.05) is 4.88 Å². The zero-order chi connectivity index (χ0) is 11.5. The Morgan fingerprint density at radius 1 is 1.56 bits per heavy atom. The summed E-state index contributed by atoms with van der Waals surface area (Å²) in [6, 6.07) is 2.50. The summed E-state index contributed by atoms with van der Waals surface area (Å²) in [5, 5.41) is 12.6. The maximum Gasteiger partial charge on any atom is 0.315 e. The highest BCUT2D eigenvalue weighted by molar-refractivity contribution is 7.10. The number of hydrogen-bond acceptors (Lipinski definition) is 5. The SMILES string of the molecule is Cc1ccsc1CNc1nnc(C(C)Cl)o1. The van der Waals surface area contributed by atoms with E-state index in [1.807, 2.05) is 0 Å².